The first-order valence-corrected chi connectivity index (χ1v) is 7.71. The minimum atomic E-state index is -0.702. The van der Waals surface area contributed by atoms with Gasteiger partial charge in [-0.2, -0.15) is 4.98 Å². The Bertz CT molecular complexity index is 874. The van der Waals surface area contributed by atoms with Crippen LogP contribution in [0.4, 0.5) is 5.82 Å². The fourth-order valence-electron chi connectivity index (χ4n) is 2.15. The topological polar surface area (TPSA) is 117 Å². The van der Waals surface area contributed by atoms with Crippen LogP contribution in [0.5, 0.6) is 0 Å². The molecule has 2 aromatic heterocycles. The Morgan fingerprint density at radius 3 is 2.60 bits per heavy atom. The smallest absolute Gasteiger partial charge is 0.361 e. The molecule has 0 aliphatic heterocycles. The first-order valence-electron chi connectivity index (χ1n) is 7.71. The van der Waals surface area contributed by atoms with Gasteiger partial charge in [0.25, 0.3) is 5.89 Å². The van der Waals surface area contributed by atoms with Crippen molar-refractivity contribution in [2.24, 2.45) is 0 Å². The molecule has 2 heterocycles. The molecular formula is C17H17N5O3. The number of benzene rings is 1. The van der Waals surface area contributed by atoms with Gasteiger partial charge in [-0.15, -0.1) is 0 Å². The van der Waals surface area contributed by atoms with E-state index in [0.717, 1.165) is 5.56 Å². The summed E-state index contributed by atoms with van der Waals surface area (Å²) >= 11 is 0. The molecule has 0 saturated carbocycles. The number of esters is 1. The van der Waals surface area contributed by atoms with Gasteiger partial charge in [0.15, 0.2) is 18.1 Å². The van der Waals surface area contributed by atoms with Crippen LogP contribution < -0.4 is 5.73 Å². The van der Waals surface area contributed by atoms with E-state index >= 15 is 0 Å². The average Bonchev–Trinajstić information content (AvgIpc) is 3.09. The second-order valence-corrected chi connectivity index (χ2v) is 5.65. The second-order valence-electron chi connectivity index (χ2n) is 5.65. The van der Waals surface area contributed by atoms with Crippen molar-refractivity contribution in [3.63, 3.8) is 0 Å². The second kappa shape index (κ2) is 7.08. The Kier molecular flexibility index (Phi) is 4.69. The van der Waals surface area contributed by atoms with Gasteiger partial charge in [0.05, 0.1) is 0 Å². The number of hydrogen-bond acceptors (Lipinski definition) is 8. The molecule has 0 bridgehead atoms. The molecule has 0 aliphatic rings. The van der Waals surface area contributed by atoms with Gasteiger partial charge in [0, 0.05) is 18.0 Å². The van der Waals surface area contributed by atoms with E-state index < -0.39 is 5.97 Å². The molecule has 8 nitrogen and oxygen atoms in total. The van der Waals surface area contributed by atoms with Crippen molar-refractivity contribution >= 4 is 11.8 Å². The van der Waals surface area contributed by atoms with E-state index in [4.69, 9.17) is 15.0 Å². The lowest BCUT2D eigenvalue weighted by molar-refractivity contribution is 0.0424. The van der Waals surface area contributed by atoms with Crippen LogP contribution in [0, 0.1) is 0 Å². The molecule has 0 saturated heterocycles. The number of hydrogen-bond donors (Lipinski definition) is 1. The maximum Gasteiger partial charge on any atom is 0.361 e. The summed E-state index contributed by atoms with van der Waals surface area (Å²) in [5, 5.41) is 3.90. The highest BCUT2D eigenvalue weighted by molar-refractivity contribution is 5.91. The van der Waals surface area contributed by atoms with Gasteiger partial charge in [0.2, 0.25) is 5.82 Å². The maximum absolute atomic E-state index is 11.9. The van der Waals surface area contributed by atoms with E-state index in [1.807, 2.05) is 24.3 Å². The number of anilines is 1. The highest BCUT2D eigenvalue weighted by Crippen LogP contribution is 2.20. The Balaban J connectivity index is 1.66. The van der Waals surface area contributed by atoms with Gasteiger partial charge in [-0.05, 0) is 11.5 Å². The zero-order chi connectivity index (χ0) is 17.8. The van der Waals surface area contributed by atoms with Crippen LogP contribution >= 0.6 is 0 Å². The predicted molar refractivity (Wildman–Crippen MR) is 89.4 cm³/mol. The van der Waals surface area contributed by atoms with Crippen LogP contribution in [0.2, 0.25) is 0 Å². The zero-order valence-corrected chi connectivity index (χ0v) is 13.8. The number of nitrogens with zero attached hydrogens (tertiary/aromatic N) is 4. The third-order valence-corrected chi connectivity index (χ3v) is 3.55. The van der Waals surface area contributed by atoms with E-state index in [1.165, 1.54) is 18.0 Å². The lowest BCUT2D eigenvalue weighted by Gasteiger charge is -2.04. The summed E-state index contributed by atoms with van der Waals surface area (Å²) in [5.74, 6) is 0.359. The van der Waals surface area contributed by atoms with Crippen molar-refractivity contribution in [2.75, 3.05) is 5.73 Å². The largest absolute Gasteiger partial charge is 0.451 e. The molecule has 0 radical (unpaired) electrons. The summed E-state index contributed by atoms with van der Waals surface area (Å²) in [4.78, 5) is 23.8. The van der Waals surface area contributed by atoms with Crippen LogP contribution in [0.3, 0.4) is 0 Å². The third kappa shape index (κ3) is 3.79. The minimum absolute atomic E-state index is 0.00367. The Labute approximate surface area is 144 Å². The molecule has 1 aromatic carbocycles. The summed E-state index contributed by atoms with van der Waals surface area (Å²) in [5.41, 5.74) is 7.58. The van der Waals surface area contributed by atoms with E-state index in [0.29, 0.717) is 11.7 Å². The lowest BCUT2D eigenvalue weighted by Crippen LogP contribution is -2.11. The van der Waals surface area contributed by atoms with Gasteiger partial charge in [-0.25, -0.2) is 14.8 Å². The summed E-state index contributed by atoms with van der Waals surface area (Å²) in [6, 6.07) is 7.90. The third-order valence-electron chi connectivity index (χ3n) is 3.55. The maximum atomic E-state index is 11.9. The molecule has 2 N–H and O–H groups in total. The molecule has 8 heteroatoms. The van der Waals surface area contributed by atoms with Gasteiger partial charge in [0.1, 0.15) is 0 Å². The van der Waals surface area contributed by atoms with Crippen LogP contribution in [0.15, 0.2) is 41.2 Å². The summed E-state index contributed by atoms with van der Waals surface area (Å²) in [6.07, 6.45) is 2.75. The standard InChI is InChI=1S/C17H17N5O3/c1-10(2)11-3-5-12(6-4-11)16-21-13(25-22-16)9-24-17(23)14-15(18)20-8-7-19-14/h3-8,10H,9H2,1-2H3,(H2,18,20). The summed E-state index contributed by atoms with van der Waals surface area (Å²) in [7, 11) is 0. The molecule has 0 atom stereocenters. The Morgan fingerprint density at radius 2 is 1.92 bits per heavy atom. The SMILES string of the molecule is CC(C)c1ccc(-c2noc(COC(=O)c3nccnc3N)n2)cc1. The molecule has 128 valence electrons. The zero-order valence-electron chi connectivity index (χ0n) is 13.8. The number of ether oxygens (including phenoxy) is 1. The van der Waals surface area contributed by atoms with Crippen LogP contribution in [0.25, 0.3) is 11.4 Å². The summed E-state index contributed by atoms with van der Waals surface area (Å²) < 4.78 is 10.2. The highest BCUT2D eigenvalue weighted by Gasteiger charge is 2.16. The van der Waals surface area contributed by atoms with Gasteiger partial charge >= 0.3 is 5.97 Å². The number of nitrogens with two attached hydrogens (primary N) is 1. The van der Waals surface area contributed by atoms with Crippen molar-refractivity contribution in [1.29, 1.82) is 0 Å². The first-order chi connectivity index (χ1) is 12.0. The Hall–Kier alpha value is -3.29. The van der Waals surface area contributed by atoms with Crippen molar-refractivity contribution in [3.8, 4) is 11.4 Å². The number of carbonyl (C=O) groups excluding carboxylic acids is 1. The van der Waals surface area contributed by atoms with Crippen LogP contribution in [-0.4, -0.2) is 26.1 Å². The van der Waals surface area contributed by atoms with E-state index in [9.17, 15) is 4.79 Å². The van der Waals surface area contributed by atoms with Gasteiger partial charge in [-0.3, -0.25) is 0 Å². The minimum Gasteiger partial charge on any atom is -0.451 e. The Morgan fingerprint density at radius 1 is 1.20 bits per heavy atom. The molecule has 3 rings (SSSR count). The normalized spacial score (nSPS) is 10.8. The predicted octanol–water partition coefficient (Wildman–Crippen LogP) is 2.59. The highest BCUT2D eigenvalue weighted by atomic mass is 16.6. The molecule has 0 spiro atoms. The average molecular weight is 339 g/mol. The van der Waals surface area contributed by atoms with Crippen molar-refractivity contribution in [2.45, 2.75) is 26.4 Å². The van der Waals surface area contributed by atoms with Gasteiger partial charge < -0.3 is 15.0 Å². The number of aromatic nitrogens is 4. The fourth-order valence-corrected chi connectivity index (χ4v) is 2.15. The number of carbonyl (C=O) groups is 1. The molecule has 0 fully saturated rings. The van der Waals surface area contributed by atoms with Crippen molar-refractivity contribution in [1.82, 2.24) is 20.1 Å². The van der Waals surface area contributed by atoms with Crippen LogP contribution in [0.1, 0.15) is 41.7 Å². The number of rotatable bonds is 5. The molecule has 0 unspecified atom stereocenters. The first kappa shape index (κ1) is 16.6. The van der Waals surface area contributed by atoms with Gasteiger partial charge in [-0.1, -0.05) is 43.3 Å². The molecule has 25 heavy (non-hydrogen) atoms. The quantitative estimate of drug-likeness (QED) is 0.705. The number of nitrogen functional groups attached to an aromatic ring is 1. The van der Waals surface area contributed by atoms with E-state index in [2.05, 4.69) is 34.0 Å². The van der Waals surface area contributed by atoms with Crippen molar-refractivity contribution in [3.05, 3.63) is 53.8 Å². The van der Waals surface area contributed by atoms with Crippen molar-refractivity contribution < 1.29 is 14.1 Å². The fraction of sp³-hybridized carbons (Fsp3) is 0.235. The molecule has 3 aromatic rings. The lowest BCUT2D eigenvalue weighted by atomic mass is 10.0. The molecular weight excluding hydrogens is 322 g/mol. The monoisotopic (exact) mass is 339 g/mol. The summed E-state index contributed by atoms with van der Waals surface area (Å²) in [6.45, 7) is 4.07. The van der Waals surface area contributed by atoms with Crippen LogP contribution in [-0.2, 0) is 11.3 Å². The molecule has 0 amide bonds. The van der Waals surface area contributed by atoms with E-state index in [1.54, 1.807) is 0 Å². The molecule has 0 aliphatic carbocycles. The van der Waals surface area contributed by atoms with E-state index in [-0.39, 0.29) is 24.0 Å².